The van der Waals surface area contributed by atoms with Crippen molar-refractivity contribution in [2.24, 2.45) is 0 Å². The van der Waals surface area contributed by atoms with Crippen molar-refractivity contribution in [2.45, 2.75) is 0 Å². The van der Waals surface area contributed by atoms with Crippen LogP contribution >= 0.6 is 15.9 Å². The smallest absolute Gasteiger partial charge is 0.115 e. The molecule has 0 spiro atoms. The number of hydrogen-bond acceptors (Lipinski definition) is 1. The molecule has 0 unspecified atom stereocenters. The minimum Gasteiger partial charge on any atom is -0.257 e. The highest BCUT2D eigenvalue weighted by molar-refractivity contribution is 9.10. The molecule has 2 rings (SSSR count). The molecule has 1 aromatic heterocycles. The van der Waals surface area contributed by atoms with Gasteiger partial charge in [0.05, 0.1) is 5.52 Å². The lowest BCUT2D eigenvalue weighted by Crippen LogP contribution is -2.02. The Bertz CT molecular complexity index is 428. The summed E-state index contributed by atoms with van der Waals surface area (Å²) in [5.41, 5.74) is 1.65. The van der Waals surface area contributed by atoms with Crippen LogP contribution in [0.1, 0.15) is 0 Å². The maximum atomic E-state index is 5.61. The summed E-state index contributed by atoms with van der Waals surface area (Å²) in [4.78, 5) is 4.19. The molecule has 0 aliphatic carbocycles. The van der Waals surface area contributed by atoms with Crippen molar-refractivity contribution in [3.05, 3.63) is 34.9 Å². The first-order valence-corrected chi connectivity index (χ1v) is 4.36. The van der Waals surface area contributed by atoms with E-state index in [0.29, 0.717) is 5.46 Å². The van der Waals surface area contributed by atoms with E-state index >= 15 is 0 Å². The van der Waals surface area contributed by atoms with E-state index in [1.165, 1.54) is 0 Å². The summed E-state index contributed by atoms with van der Waals surface area (Å²) in [5, 5.41) is 1.05. The zero-order valence-electron chi connectivity index (χ0n) is 6.29. The minimum atomic E-state index is 0.689. The number of aromatic nitrogens is 1. The van der Waals surface area contributed by atoms with E-state index in [9.17, 15) is 0 Å². The van der Waals surface area contributed by atoms with Gasteiger partial charge in [-0.2, -0.15) is 0 Å². The zero-order chi connectivity index (χ0) is 8.55. The van der Waals surface area contributed by atoms with Gasteiger partial charge in [0, 0.05) is 16.1 Å². The Morgan fingerprint density at radius 3 is 3.00 bits per heavy atom. The van der Waals surface area contributed by atoms with E-state index in [1.807, 2.05) is 24.3 Å². The molecular formula is C9H5BBrN. The normalized spacial score (nSPS) is 10.4. The standard InChI is InChI=1S/C9H5BBrN/c10-6-4-7-8(11)2-1-3-9(7)12-5-6/h1-5H. The molecular weight excluding hydrogens is 213 g/mol. The summed E-state index contributed by atoms with van der Waals surface area (Å²) >= 11 is 3.44. The molecule has 0 aliphatic rings. The lowest BCUT2D eigenvalue weighted by Gasteiger charge is -2.00. The molecule has 0 saturated heterocycles. The van der Waals surface area contributed by atoms with Gasteiger partial charge in [-0.1, -0.05) is 33.5 Å². The van der Waals surface area contributed by atoms with E-state index in [4.69, 9.17) is 7.85 Å². The largest absolute Gasteiger partial charge is 0.257 e. The van der Waals surface area contributed by atoms with Gasteiger partial charge in [0.15, 0.2) is 0 Å². The van der Waals surface area contributed by atoms with E-state index in [-0.39, 0.29) is 0 Å². The molecule has 1 aromatic carbocycles. The monoisotopic (exact) mass is 217 g/mol. The molecule has 56 valence electrons. The second-order valence-corrected chi connectivity index (χ2v) is 3.43. The van der Waals surface area contributed by atoms with Gasteiger partial charge in [-0.3, -0.25) is 4.98 Å². The molecule has 0 aliphatic heterocycles. The van der Waals surface area contributed by atoms with Gasteiger partial charge < -0.3 is 0 Å². The molecule has 0 N–H and O–H groups in total. The average Bonchev–Trinajstić information content (AvgIpc) is 2.07. The maximum absolute atomic E-state index is 5.61. The fourth-order valence-corrected chi connectivity index (χ4v) is 1.60. The van der Waals surface area contributed by atoms with Crippen LogP contribution in [0.4, 0.5) is 0 Å². The Balaban J connectivity index is 2.88. The van der Waals surface area contributed by atoms with Crippen molar-refractivity contribution in [1.82, 2.24) is 4.98 Å². The summed E-state index contributed by atoms with van der Waals surface area (Å²) in [5.74, 6) is 0. The van der Waals surface area contributed by atoms with Crippen LogP contribution < -0.4 is 5.46 Å². The number of pyridine rings is 1. The Morgan fingerprint density at radius 1 is 1.33 bits per heavy atom. The molecule has 0 amide bonds. The third-order valence-electron chi connectivity index (χ3n) is 1.69. The van der Waals surface area contributed by atoms with E-state index in [2.05, 4.69) is 20.9 Å². The Morgan fingerprint density at radius 2 is 2.17 bits per heavy atom. The van der Waals surface area contributed by atoms with Crippen molar-refractivity contribution in [3.63, 3.8) is 0 Å². The molecule has 0 fully saturated rings. The van der Waals surface area contributed by atoms with E-state index in [1.54, 1.807) is 6.20 Å². The summed E-state index contributed by atoms with van der Waals surface area (Å²) in [6, 6.07) is 7.80. The van der Waals surface area contributed by atoms with E-state index in [0.717, 1.165) is 15.4 Å². The molecule has 0 atom stereocenters. The van der Waals surface area contributed by atoms with Crippen LogP contribution in [-0.2, 0) is 0 Å². The van der Waals surface area contributed by atoms with Gasteiger partial charge >= 0.3 is 0 Å². The number of halogens is 1. The lowest BCUT2D eigenvalue weighted by atomic mass is 9.97. The number of benzene rings is 1. The second kappa shape index (κ2) is 2.90. The Kier molecular flexibility index (Phi) is 1.89. The zero-order valence-corrected chi connectivity index (χ0v) is 7.88. The van der Waals surface area contributed by atoms with Crippen molar-refractivity contribution < 1.29 is 0 Å². The first-order chi connectivity index (χ1) is 5.77. The predicted octanol–water partition coefficient (Wildman–Crippen LogP) is 1.79. The van der Waals surface area contributed by atoms with Crippen LogP contribution in [0.5, 0.6) is 0 Å². The van der Waals surface area contributed by atoms with Crippen LogP contribution in [0.25, 0.3) is 10.9 Å². The van der Waals surface area contributed by atoms with Gasteiger partial charge in [0.2, 0.25) is 0 Å². The summed E-state index contributed by atoms with van der Waals surface area (Å²) in [7, 11) is 5.61. The quantitative estimate of drug-likeness (QED) is 0.614. The maximum Gasteiger partial charge on any atom is 0.115 e. The fraction of sp³-hybridized carbons (Fsp3) is 0. The molecule has 0 saturated carbocycles. The molecule has 0 bridgehead atoms. The van der Waals surface area contributed by atoms with Crippen molar-refractivity contribution in [2.75, 3.05) is 0 Å². The molecule has 1 nitrogen and oxygen atoms in total. The molecule has 2 aromatic rings. The van der Waals surface area contributed by atoms with Gasteiger partial charge in [-0.15, -0.1) is 0 Å². The highest BCUT2D eigenvalue weighted by Gasteiger charge is 1.97. The van der Waals surface area contributed by atoms with Crippen molar-refractivity contribution in [3.8, 4) is 0 Å². The Hall–Kier alpha value is -0.825. The molecule has 1 heterocycles. The lowest BCUT2D eigenvalue weighted by molar-refractivity contribution is 1.43. The fourth-order valence-electron chi connectivity index (χ4n) is 1.13. The highest BCUT2D eigenvalue weighted by atomic mass is 79.9. The van der Waals surface area contributed by atoms with E-state index < -0.39 is 0 Å². The summed E-state index contributed by atoms with van der Waals surface area (Å²) in [6.45, 7) is 0. The second-order valence-electron chi connectivity index (χ2n) is 2.58. The van der Waals surface area contributed by atoms with Gasteiger partial charge in [0.1, 0.15) is 7.85 Å². The first-order valence-electron chi connectivity index (χ1n) is 3.57. The Labute approximate surface area is 80.4 Å². The highest BCUT2D eigenvalue weighted by Crippen LogP contribution is 2.20. The first kappa shape index (κ1) is 7.81. The summed E-state index contributed by atoms with van der Waals surface area (Å²) in [6.07, 6.45) is 1.66. The number of rotatable bonds is 0. The third-order valence-corrected chi connectivity index (χ3v) is 2.39. The van der Waals surface area contributed by atoms with Crippen LogP contribution in [0.3, 0.4) is 0 Å². The number of nitrogens with zero attached hydrogens (tertiary/aromatic N) is 1. The SMILES string of the molecule is [B]c1cnc2cccc(Br)c2c1. The number of hydrogen-bond donors (Lipinski definition) is 0. The van der Waals surface area contributed by atoms with Crippen LogP contribution in [0.2, 0.25) is 0 Å². The van der Waals surface area contributed by atoms with Crippen molar-refractivity contribution in [1.29, 1.82) is 0 Å². The van der Waals surface area contributed by atoms with Crippen LogP contribution in [-0.4, -0.2) is 12.8 Å². The summed E-state index contributed by atoms with van der Waals surface area (Å²) < 4.78 is 1.03. The van der Waals surface area contributed by atoms with Crippen molar-refractivity contribution >= 4 is 40.1 Å². The topological polar surface area (TPSA) is 12.9 Å². The third kappa shape index (κ3) is 1.25. The average molecular weight is 218 g/mol. The molecule has 12 heavy (non-hydrogen) atoms. The molecule has 3 heteroatoms. The van der Waals surface area contributed by atoms with Gasteiger partial charge in [0.25, 0.3) is 0 Å². The number of fused-ring (bicyclic) bond motifs is 1. The predicted molar refractivity (Wildman–Crippen MR) is 54.8 cm³/mol. The van der Waals surface area contributed by atoms with Crippen LogP contribution in [0.15, 0.2) is 34.9 Å². The minimum absolute atomic E-state index is 0.689. The van der Waals surface area contributed by atoms with Gasteiger partial charge in [-0.05, 0) is 12.1 Å². The van der Waals surface area contributed by atoms with Gasteiger partial charge in [-0.25, -0.2) is 0 Å². The van der Waals surface area contributed by atoms with Crippen LogP contribution in [0, 0.1) is 0 Å². The molecule has 2 radical (unpaired) electrons.